The van der Waals surface area contributed by atoms with Crippen molar-refractivity contribution in [3.63, 3.8) is 0 Å². The van der Waals surface area contributed by atoms with E-state index in [-0.39, 0.29) is 0 Å². The van der Waals surface area contributed by atoms with Gasteiger partial charge in [-0.15, -0.1) is 10.2 Å². The molecule has 1 atom stereocenters. The second-order valence-corrected chi connectivity index (χ2v) is 5.63. The van der Waals surface area contributed by atoms with Crippen LogP contribution in [0.25, 0.3) is 0 Å². The van der Waals surface area contributed by atoms with Gasteiger partial charge in [-0.25, -0.2) is 0 Å². The molecular weight excluding hydrogens is 270 g/mol. The molecule has 2 rings (SSSR count). The van der Waals surface area contributed by atoms with Gasteiger partial charge < -0.3 is 4.42 Å². The first-order chi connectivity index (χ1) is 9.79. The van der Waals surface area contributed by atoms with Crippen LogP contribution in [0.2, 0.25) is 0 Å². The van der Waals surface area contributed by atoms with Crippen LogP contribution >= 0.6 is 11.8 Å². The molecule has 0 saturated heterocycles. The lowest BCUT2D eigenvalue weighted by Gasteiger charge is -2.08. The van der Waals surface area contributed by atoms with E-state index in [1.807, 2.05) is 18.2 Å². The monoisotopic (exact) mass is 287 g/mol. The van der Waals surface area contributed by atoms with Crippen LogP contribution in [-0.4, -0.2) is 16.0 Å². The van der Waals surface area contributed by atoms with Gasteiger partial charge in [-0.2, -0.15) is 5.26 Å². The SMILES string of the molecule is CC(Cc1nnc(SCCCC#N)o1)c1ccccc1. The first-order valence-electron chi connectivity index (χ1n) is 6.66. The molecule has 0 radical (unpaired) electrons. The average molecular weight is 287 g/mol. The zero-order chi connectivity index (χ0) is 14.2. The lowest BCUT2D eigenvalue weighted by Crippen LogP contribution is -1.98. The molecule has 0 aliphatic heterocycles. The average Bonchev–Trinajstić information content (AvgIpc) is 2.92. The van der Waals surface area contributed by atoms with Crippen molar-refractivity contribution in [3.05, 3.63) is 41.8 Å². The number of benzene rings is 1. The van der Waals surface area contributed by atoms with Crippen LogP contribution in [0.3, 0.4) is 0 Å². The molecule has 0 spiro atoms. The van der Waals surface area contributed by atoms with Gasteiger partial charge in [0.25, 0.3) is 5.22 Å². The van der Waals surface area contributed by atoms with Crippen molar-refractivity contribution in [2.24, 2.45) is 0 Å². The van der Waals surface area contributed by atoms with Gasteiger partial charge >= 0.3 is 0 Å². The first kappa shape index (κ1) is 14.6. The zero-order valence-electron chi connectivity index (χ0n) is 11.5. The Labute approximate surface area is 123 Å². The van der Waals surface area contributed by atoms with E-state index >= 15 is 0 Å². The Balaban J connectivity index is 1.85. The molecule has 0 fully saturated rings. The van der Waals surface area contributed by atoms with Crippen molar-refractivity contribution >= 4 is 11.8 Å². The number of hydrogen-bond donors (Lipinski definition) is 0. The van der Waals surface area contributed by atoms with E-state index < -0.39 is 0 Å². The highest BCUT2D eigenvalue weighted by atomic mass is 32.2. The number of nitrogens with zero attached hydrogens (tertiary/aromatic N) is 3. The van der Waals surface area contributed by atoms with E-state index in [1.165, 1.54) is 17.3 Å². The van der Waals surface area contributed by atoms with Gasteiger partial charge in [-0.1, -0.05) is 49.0 Å². The summed E-state index contributed by atoms with van der Waals surface area (Å²) < 4.78 is 5.61. The van der Waals surface area contributed by atoms with Crippen molar-refractivity contribution in [2.75, 3.05) is 5.75 Å². The summed E-state index contributed by atoms with van der Waals surface area (Å²) in [6.07, 6.45) is 2.16. The minimum Gasteiger partial charge on any atom is -0.416 e. The van der Waals surface area contributed by atoms with Gasteiger partial charge in [0.15, 0.2) is 0 Å². The highest BCUT2D eigenvalue weighted by Crippen LogP contribution is 2.22. The molecule has 0 amide bonds. The van der Waals surface area contributed by atoms with E-state index in [0.717, 1.165) is 18.6 Å². The molecule has 0 bridgehead atoms. The van der Waals surface area contributed by atoms with Crippen molar-refractivity contribution in [2.45, 2.75) is 37.3 Å². The molecule has 0 aliphatic rings. The second kappa shape index (κ2) is 7.71. The molecule has 104 valence electrons. The number of aromatic nitrogens is 2. The van der Waals surface area contributed by atoms with E-state index in [1.54, 1.807) is 0 Å². The molecule has 1 heterocycles. The molecule has 0 aliphatic carbocycles. The maximum Gasteiger partial charge on any atom is 0.276 e. The fourth-order valence-electron chi connectivity index (χ4n) is 1.85. The Morgan fingerprint density at radius 1 is 1.30 bits per heavy atom. The minimum absolute atomic E-state index is 0.355. The van der Waals surface area contributed by atoms with Gasteiger partial charge in [-0.05, 0) is 17.9 Å². The topological polar surface area (TPSA) is 62.7 Å². The Morgan fingerprint density at radius 2 is 2.10 bits per heavy atom. The summed E-state index contributed by atoms with van der Waals surface area (Å²) in [6.45, 7) is 2.15. The molecular formula is C15H17N3OS. The van der Waals surface area contributed by atoms with Gasteiger partial charge in [0.1, 0.15) is 0 Å². The maximum atomic E-state index is 8.46. The summed E-state index contributed by atoms with van der Waals surface area (Å²) in [6, 6.07) is 12.4. The van der Waals surface area contributed by atoms with Crippen LogP contribution in [0.15, 0.2) is 40.0 Å². The number of thioether (sulfide) groups is 1. The number of nitriles is 1. The fraction of sp³-hybridized carbons (Fsp3) is 0.400. The Hall–Kier alpha value is -1.80. The van der Waals surface area contributed by atoms with Crippen LogP contribution in [0.4, 0.5) is 0 Å². The highest BCUT2D eigenvalue weighted by Gasteiger charge is 2.12. The molecule has 1 aromatic carbocycles. The molecule has 5 heteroatoms. The number of rotatable bonds is 7. The third kappa shape index (κ3) is 4.39. The molecule has 2 aromatic rings. The van der Waals surface area contributed by atoms with Crippen LogP contribution < -0.4 is 0 Å². The smallest absolute Gasteiger partial charge is 0.276 e. The Kier molecular flexibility index (Phi) is 5.63. The standard InChI is InChI=1S/C15H17N3OS/c1-12(13-7-3-2-4-8-13)11-14-17-18-15(19-14)20-10-6-5-9-16/h2-4,7-8,12H,5-6,10-11H2,1H3. The van der Waals surface area contributed by atoms with Crippen molar-refractivity contribution in [1.82, 2.24) is 10.2 Å². The van der Waals surface area contributed by atoms with E-state index in [9.17, 15) is 0 Å². The molecule has 1 aromatic heterocycles. The molecule has 0 N–H and O–H groups in total. The number of unbranched alkanes of at least 4 members (excludes halogenated alkanes) is 1. The van der Waals surface area contributed by atoms with E-state index in [4.69, 9.17) is 9.68 Å². The normalized spacial score (nSPS) is 12.0. The van der Waals surface area contributed by atoms with Gasteiger partial charge in [0, 0.05) is 18.6 Å². The summed E-state index contributed by atoms with van der Waals surface area (Å²) in [4.78, 5) is 0. The highest BCUT2D eigenvalue weighted by molar-refractivity contribution is 7.99. The van der Waals surface area contributed by atoms with Crippen molar-refractivity contribution in [3.8, 4) is 6.07 Å². The van der Waals surface area contributed by atoms with Gasteiger partial charge in [0.05, 0.1) is 6.07 Å². The minimum atomic E-state index is 0.355. The zero-order valence-corrected chi connectivity index (χ0v) is 12.3. The molecule has 20 heavy (non-hydrogen) atoms. The predicted molar refractivity (Wildman–Crippen MR) is 78.4 cm³/mol. The maximum absolute atomic E-state index is 8.46. The quantitative estimate of drug-likeness (QED) is 0.572. The van der Waals surface area contributed by atoms with Crippen LogP contribution in [-0.2, 0) is 6.42 Å². The van der Waals surface area contributed by atoms with Gasteiger partial charge in [-0.3, -0.25) is 0 Å². The lowest BCUT2D eigenvalue weighted by molar-refractivity contribution is 0.404. The summed E-state index contributed by atoms with van der Waals surface area (Å²) in [7, 11) is 0. The van der Waals surface area contributed by atoms with Gasteiger partial charge in [0.2, 0.25) is 5.89 Å². The summed E-state index contributed by atoms with van der Waals surface area (Å²) in [5, 5.41) is 17.2. The fourth-order valence-corrected chi connectivity index (χ4v) is 2.57. The largest absolute Gasteiger partial charge is 0.416 e. The Morgan fingerprint density at radius 3 is 2.85 bits per heavy atom. The third-order valence-electron chi connectivity index (χ3n) is 2.96. The van der Waals surface area contributed by atoms with Crippen molar-refractivity contribution in [1.29, 1.82) is 5.26 Å². The predicted octanol–water partition coefficient (Wildman–Crippen LogP) is 3.81. The molecule has 4 nitrogen and oxygen atoms in total. The second-order valence-electron chi connectivity index (χ2n) is 4.59. The van der Waals surface area contributed by atoms with Crippen LogP contribution in [0.1, 0.15) is 37.1 Å². The summed E-state index contributed by atoms with van der Waals surface area (Å²) >= 11 is 1.51. The van der Waals surface area contributed by atoms with Crippen LogP contribution in [0, 0.1) is 11.3 Å². The van der Waals surface area contributed by atoms with E-state index in [0.29, 0.717) is 23.5 Å². The molecule has 1 unspecified atom stereocenters. The number of hydrogen-bond acceptors (Lipinski definition) is 5. The summed E-state index contributed by atoms with van der Waals surface area (Å²) in [5.41, 5.74) is 1.27. The summed E-state index contributed by atoms with van der Waals surface area (Å²) in [5.74, 6) is 1.86. The van der Waals surface area contributed by atoms with Crippen molar-refractivity contribution < 1.29 is 4.42 Å². The van der Waals surface area contributed by atoms with Crippen LogP contribution in [0.5, 0.6) is 0 Å². The van der Waals surface area contributed by atoms with E-state index in [2.05, 4.69) is 35.3 Å². The third-order valence-corrected chi connectivity index (χ3v) is 3.86. The molecule has 0 saturated carbocycles. The Bertz CT molecular complexity index is 562. The lowest BCUT2D eigenvalue weighted by atomic mass is 9.98. The first-order valence-corrected chi connectivity index (χ1v) is 7.65.